The molecule has 0 N–H and O–H groups in total. The van der Waals surface area contributed by atoms with Crippen LogP contribution in [-0.2, 0) is 4.79 Å². The fraction of sp³-hybridized carbons (Fsp3) is 0.529. The van der Waals surface area contributed by atoms with E-state index in [4.69, 9.17) is 0 Å². The number of nitrogens with zero attached hydrogens (tertiary/aromatic N) is 2. The average Bonchev–Trinajstić information content (AvgIpc) is 3.17. The van der Waals surface area contributed by atoms with Gasteiger partial charge in [0.05, 0.1) is 18.1 Å². The molecule has 1 aromatic carbocycles. The van der Waals surface area contributed by atoms with Crippen molar-refractivity contribution in [3.05, 3.63) is 35.4 Å². The topological polar surface area (TPSA) is 32.7 Å². The van der Waals surface area contributed by atoms with Crippen molar-refractivity contribution >= 4 is 12.1 Å². The minimum absolute atomic E-state index is 0.0319. The van der Waals surface area contributed by atoms with Gasteiger partial charge in [-0.2, -0.15) is 5.10 Å². The van der Waals surface area contributed by atoms with E-state index < -0.39 is 23.1 Å². The highest BCUT2D eigenvalue weighted by atomic mass is 19.1. The Morgan fingerprint density at radius 2 is 1.91 bits per heavy atom. The number of fused-ring (bicyclic) bond motifs is 1. The lowest BCUT2D eigenvalue weighted by atomic mass is 9.68. The normalized spacial score (nSPS) is 34.7. The predicted octanol–water partition coefficient (Wildman–Crippen LogP) is 3.61. The Kier molecular flexibility index (Phi) is 3.25. The molecule has 3 saturated carbocycles. The molecule has 1 aliphatic heterocycles. The second kappa shape index (κ2) is 5.08. The van der Waals surface area contributed by atoms with Crippen LogP contribution in [0.3, 0.4) is 0 Å². The molecule has 2 bridgehead atoms. The first kappa shape index (κ1) is 14.7. The third-order valence-electron chi connectivity index (χ3n) is 5.58. The molecular weight excluding hydrogens is 305 g/mol. The Hall–Kier alpha value is -1.85. The van der Waals surface area contributed by atoms with Gasteiger partial charge in [-0.25, -0.2) is 13.8 Å². The van der Waals surface area contributed by atoms with E-state index in [9.17, 15) is 18.0 Å². The number of amides is 1. The molecule has 1 unspecified atom stereocenters. The molecule has 5 rings (SSSR count). The smallest absolute Gasteiger partial charge is 0.249 e. The lowest BCUT2D eigenvalue weighted by Crippen LogP contribution is -2.44. The fourth-order valence-corrected chi connectivity index (χ4v) is 4.45. The average molecular weight is 322 g/mol. The maximum absolute atomic E-state index is 13.5. The van der Waals surface area contributed by atoms with Crippen LogP contribution in [0.2, 0.25) is 0 Å². The first-order valence-corrected chi connectivity index (χ1v) is 7.90. The maximum Gasteiger partial charge on any atom is 0.249 e. The van der Waals surface area contributed by atoms with E-state index >= 15 is 0 Å². The van der Waals surface area contributed by atoms with E-state index in [-0.39, 0.29) is 18.5 Å². The number of halogens is 3. The zero-order valence-electron chi connectivity index (χ0n) is 12.5. The number of rotatable bonds is 3. The quantitative estimate of drug-likeness (QED) is 0.837. The number of hydrazone groups is 1. The molecule has 0 radical (unpaired) electrons. The summed E-state index contributed by atoms with van der Waals surface area (Å²) in [5, 5.41) is 5.49. The van der Waals surface area contributed by atoms with Crippen LogP contribution < -0.4 is 0 Å². The summed E-state index contributed by atoms with van der Waals surface area (Å²) >= 11 is 0. The number of hydrogen-bond donors (Lipinski definition) is 0. The monoisotopic (exact) mass is 322 g/mol. The first-order chi connectivity index (χ1) is 11.0. The summed E-state index contributed by atoms with van der Waals surface area (Å²) in [4.78, 5) is 12.9. The lowest BCUT2D eigenvalue weighted by molar-refractivity contribution is -0.148. The van der Waals surface area contributed by atoms with Gasteiger partial charge in [0.15, 0.2) is 0 Å². The molecule has 0 aromatic heterocycles. The SMILES string of the molecule is O=C(N1N=CCC1c1cc(F)cc(F)c1)C12CC(C1)[C@H](CF)C2. The van der Waals surface area contributed by atoms with Crippen molar-refractivity contribution in [1.29, 1.82) is 0 Å². The molecule has 1 heterocycles. The van der Waals surface area contributed by atoms with Gasteiger partial charge in [0.25, 0.3) is 0 Å². The molecule has 0 saturated heterocycles. The Balaban J connectivity index is 1.59. The van der Waals surface area contributed by atoms with E-state index in [1.54, 1.807) is 6.21 Å². The fourth-order valence-electron chi connectivity index (χ4n) is 4.45. The van der Waals surface area contributed by atoms with Crippen molar-refractivity contribution in [1.82, 2.24) is 5.01 Å². The lowest BCUT2D eigenvalue weighted by Gasteiger charge is -2.40. The van der Waals surface area contributed by atoms with Gasteiger partial charge in [-0.1, -0.05) is 0 Å². The van der Waals surface area contributed by atoms with Crippen molar-refractivity contribution in [3.8, 4) is 0 Å². The van der Waals surface area contributed by atoms with E-state index in [0.717, 1.165) is 6.07 Å². The van der Waals surface area contributed by atoms with Crippen LogP contribution in [0.5, 0.6) is 0 Å². The zero-order valence-corrected chi connectivity index (χ0v) is 12.5. The van der Waals surface area contributed by atoms with Gasteiger partial charge >= 0.3 is 0 Å². The molecule has 0 spiro atoms. The molecule has 3 nitrogen and oxygen atoms in total. The number of alkyl halides is 1. The Morgan fingerprint density at radius 3 is 2.52 bits per heavy atom. The minimum Gasteiger partial charge on any atom is -0.272 e. The summed E-state index contributed by atoms with van der Waals surface area (Å²) in [6.07, 6.45) is 4.00. The molecular formula is C17H17F3N2O. The third kappa shape index (κ3) is 2.18. The van der Waals surface area contributed by atoms with Crippen LogP contribution in [0.4, 0.5) is 13.2 Å². The molecule has 1 amide bonds. The second-order valence-corrected chi connectivity index (χ2v) is 6.97. The number of carbonyl (C=O) groups is 1. The molecule has 3 fully saturated rings. The molecule has 6 heteroatoms. The summed E-state index contributed by atoms with van der Waals surface area (Å²) in [6.45, 7) is -0.387. The predicted molar refractivity (Wildman–Crippen MR) is 78.3 cm³/mol. The van der Waals surface area contributed by atoms with Gasteiger partial charge in [-0.3, -0.25) is 9.18 Å². The van der Waals surface area contributed by atoms with Crippen LogP contribution in [0.25, 0.3) is 0 Å². The molecule has 122 valence electrons. The second-order valence-electron chi connectivity index (χ2n) is 6.97. The summed E-state index contributed by atoms with van der Waals surface area (Å²) in [5.41, 5.74) is -0.117. The van der Waals surface area contributed by atoms with E-state index in [2.05, 4.69) is 5.10 Å². The van der Waals surface area contributed by atoms with Gasteiger partial charge < -0.3 is 0 Å². The van der Waals surface area contributed by atoms with Gasteiger partial charge in [0.2, 0.25) is 5.91 Å². The summed E-state index contributed by atoms with van der Waals surface area (Å²) in [7, 11) is 0. The Bertz CT molecular complexity index is 664. The van der Waals surface area contributed by atoms with E-state index in [1.807, 2.05) is 0 Å². The third-order valence-corrected chi connectivity index (χ3v) is 5.58. The first-order valence-electron chi connectivity index (χ1n) is 7.90. The van der Waals surface area contributed by atoms with Crippen molar-refractivity contribution < 1.29 is 18.0 Å². The maximum atomic E-state index is 13.5. The van der Waals surface area contributed by atoms with Gasteiger partial charge in [0.1, 0.15) is 11.6 Å². The molecule has 3 aliphatic carbocycles. The molecule has 1 aromatic rings. The minimum atomic E-state index is -0.667. The van der Waals surface area contributed by atoms with Crippen molar-refractivity contribution in [2.45, 2.75) is 31.7 Å². The van der Waals surface area contributed by atoms with Crippen LogP contribution in [0, 0.1) is 28.9 Å². The van der Waals surface area contributed by atoms with Crippen molar-refractivity contribution in [2.24, 2.45) is 22.4 Å². The summed E-state index contributed by atoms with van der Waals surface area (Å²) < 4.78 is 39.9. The Morgan fingerprint density at radius 1 is 1.22 bits per heavy atom. The van der Waals surface area contributed by atoms with Crippen LogP contribution in [-0.4, -0.2) is 23.8 Å². The van der Waals surface area contributed by atoms with Gasteiger partial charge in [-0.05, 0) is 48.8 Å². The van der Waals surface area contributed by atoms with E-state index in [0.29, 0.717) is 37.2 Å². The summed E-state index contributed by atoms with van der Waals surface area (Å²) in [6, 6.07) is 2.81. The summed E-state index contributed by atoms with van der Waals surface area (Å²) in [5.74, 6) is -1.21. The Labute approximate surface area is 132 Å². The van der Waals surface area contributed by atoms with Gasteiger partial charge in [0, 0.05) is 18.7 Å². The number of benzene rings is 1. The van der Waals surface area contributed by atoms with Crippen LogP contribution in [0.15, 0.2) is 23.3 Å². The van der Waals surface area contributed by atoms with E-state index in [1.165, 1.54) is 17.1 Å². The standard InChI is InChI=1S/C17H17F3N2O/c18-9-12-8-17(6-11(12)7-17)16(23)22-15(1-2-21-22)10-3-13(19)5-14(20)4-10/h2-5,11-12,15H,1,6-9H2/t11?,12-,15?,17?/m0/s1. The highest BCUT2D eigenvalue weighted by Crippen LogP contribution is 2.63. The molecule has 4 aliphatic rings. The number of hydrogen-bond acceptors (Lipinski definition) is 2. The van der Waals surface area contributed by atoms with Crippen LogP contribution >= 0.6 is 0 Å². The number of carbonyl (C=O) groups excluding carboxylic acids is 1. The molecule has 23 heavy (non-hydrogen) atoms. The highest BCUT2D eigenvalue weighted by molar-refractivity contribution is 5.86. The van der Waals surface area contributed by atoms with Crippen LogP contribution in [0.1, 0.15) is 37.3 Å². The van der Waals surface area contributed by atoms with Crippen molar-refractivity contribution in [3.63, 3.8) is 0 Å². The zero-order chi connectivity index (χ0) is 16.2. The van der Waals surface area contributed by atoms with Crippen molar-refractivity contribution in [2.75, 3.05) is 6.67 Å². The molecule has 2 atom stereocenters. The van der Waals surface area contributed by atoms with Gasteiger partial charge in [-0.15, -0.1) is 0 Å². The largest absolute Gasteiger partial charge is 0.272 e. The highest BCUT2D eigenvalue weighted by Gasteiger charge is 2.61.